The Morgan fingerprint density at radius 2 is 2.06 bits per heavy atom. The molecule has 0 aliphatic carbocycles. The van der Waals surface area contributed by atoms with E-state index in [1.807, 2.05) is 18.2 Å². The van der Waals surface area contributed by atoms with Crippen molar-refractivity contribution in [2.24, 2.45) is 0 Å². The van der Waals surface area contributed by atoms with Gasteiger partial charge < -0.3 is 0 Å². The fourth-order valence-corrected chi connectivity index (χ4v) is 2.94. The summed E-state index contributed by atoms with van der Waals surface area (Å²) in [5.74, 6) is -0.255. The zero-order valence-electron chi connectivity index (χ0n) is 8.52. The SMILES string of the molecule is Fc1cccc(-c2ccc3c(Br)nsc3n2)c1. The van der Waals surface area contributed by atoms with Crippen molar-refractivity contribution < 1.29 is 4.39 Å². The lowest BCUT2D eigenvalue weighted by molar-refractivity contribution is 0.628. The Balaban J connectivity index is 2.18. The first kappa shape index (κ1) is 10.8. The van der Waals surface area contributed by atoms with Crippen LogP contribution in [0.5, 0.6) is 0 Å². The fourth-order valence-electron chi connectivity index (χ4n) is 1.61. The summed E-state index contributed by atoms with van der Waals surface area (Å²) in [5, 5.41) is 0.982. The van der Waals surface area contributed by atoms with Gasteiger partial charge in [0.15, 0.2) is 0 Å². The van der Waals surface area contributed by atoms with Crippen molar-refractivity contribution in [1.82, 2.24) is 9.36 Å². The van der Waals surface area contributed by atoms with Crippen LogP contribution in [0.2, 0.25) is 0 Å². The maximum absolute atomic E-state index is 13.1. The molecule has 0 aliphatic heterocycles. The van der Waals surface area contributed by atoms with E-state index in [0.717, 1.165) is 26.1 Å². The third-order valence-corrected chi connectivity index (χ3v) is 4.01. The van der Waals surface area contributed by atoms with Gasteiger partial charge in [-0.3, -0.25) is 0 Å². The van der Waals surface area contributed by atoms with Crippen molar-refractivity contribution in [3.63, 3.8) is 0 Å². The maximum Gasteiger partial charge on any atom is 0.145 e. The van der Waals surface area contributed by atoms with Crippen LogP contribution >= 0.6 is 27.5 Å². The predicted octanol–water partition coefficient (Wildman–Crippen LogP) is 4.26. The lowest BCUT2D eigenvalue weighted by atomic mass is 10.1. The number of benzene rings is 1. The molecule has 3 aromatic rings. The molecule has 0 amide bonds. The highest BCUT2D eigenvalue weighted by Gasteiger charge is 2.07. The summed E-state index contributed by atoms with van der Waals surface area (Å²) in [6.07, 6.45) is 0. The Hall–Kier alpha value is -1.33. The molecule has 0 radical (unpaired) electrons. The van der Waals surface area contributed by atoms with E-state index in [4.69, 9.17) is 0 Å². The van der Waals surface area contributed by atoms with Gasteiger partial charge in [-0.1, -0.05) is 12.1 Å². The van der Waals surface area contributed by atoms with Gasteiger partial charge in [0, 0.05) is 10.9 Å². The Morgan fingerprint density at radius 1 is 1.18 bits per heavy atom. The third-order valence-electron chi connectivity index (χ3n) is 2.42. The number of hydrogen-bond donors (Lipinski definition) is 0. The van der Waals surface area contributed by atoms with E-state index in [1.54, 1.807) is 6.07 Å². The van der Waals surface area contributed by atoms with E-state index < -0.39 is 0 Å². The van der Waals surface area contributed by atoms with Gasteiger partial charge in [-0.15, -0.1) is 0 Å². The highest BCUT2D eigenvalue weighted by Crippen LogP contribution is 2.28. The second-order valence-corrected chi connectivity index (χ2v) is 5.04. The number of rotatable bonds is 1. The molecule has 2 aromatic heterocycles. The summed E-state index contributed by atoms with van der Waals surface area (Å²) in [6.45, 7) is 0. The van der Waals surface area contributed by atoms with E-state index in [1.165, 1.54) is 23.7 Å². The first-order valence-corrected chi connectivity index (χ1v) is 6.48. The van der Waals surface area contributed by atoms with Crippen LogP contribution < -0.4 is 0 Å². The molecule has 0 saturated carbocycles. The molecule has 2 nitrogen and oxygen atoms in total. The average molecular weight is 309 g/mol. The molecular weight excluding hydrogens is 303 g/mol. The highest BCUT2D eigenvalue weighted by atomic mass is 79.9. The minimum absolute atomic E-state index is 0.255. The van der Waals surface area contributed by atoms with Gasteiger partial charge in [-0.05, 0) is 51.7 Å². The summed E-state index contributed by atoms with van der Waals surface area (Å²) in [6, 6.07) is 10.2. The van der Waals surface area contributed by atoms with Crippen molar-refractivity contribution in [2.45, 2.75) is 0 Å². The molecule has 0 spiro atoms. The van der Waals surface area contributed by atoms with Crippen molar-refractivity contribution >= 4 is 37.7 Å². The van der Waals surface area contributed by atoms with Gasteiger partial charge >= 0.3 is 0 Å². The van der Waals surface area contributed by atoms with Crippen LogP contribution in [0.25, 0.3) is 21.5 Å². The average Bonchev–Trinajstić information content (AvgIpc) is 2.71. The van der Waals surface area contributed by atoms with Crippen LogP contribution in [0.4, 0.5) is 4.39 Å². The zero-order chi connectivity index (χ0) is 11.8. The van der Waals surface area contributed by atoms with Crippen LogP contribution in [0, 0.1) is 5.82 Å². The third kappa shape index (κ3) is 1.96. The van der Waals surface area contributed by atoms with E-state index in [9.17, 15) is 4.39 Å². The second kappa shape index (κ2) is 4.16. The Morgan fingerprint density at radius 3 is 2.88 bits per heavy atom. The molecule has 0 unspecified atom stereocenters. The largest absolute Gasteiger partial charge is 0.235 e. The van der Waals surface area contributed by atoms with Gasteiger partial charge in [-0.25, -0.2) is 9.37 Å². The lowest BCUT2D eigenvalue weighted by Crippen LogP contribution is -1.84. The second-order valence-electron chi connectivity index (χ2n) is 3.53. The number of nitrogens with zero attached hydrogens (tertiary/aromatic N) is 2. The Bertz CT molecular complexity index is 696. The molecule has 0 N–H and O–H groups in total. The molecule has 5 heteroatoms. The zero-order valence-corrected chi connectivity index (χ0v) is 10.9. The van der Waals surface area contributed by atoms with E-state index in [-0.39, 0.29) is 5.82 Å². The molecular formula is C12H6BrFN2S. The molecule has 84 valence electrons. The molecule has 17 heavy (non-hydrogen) atoms. The van der Waals surface area contributed by atoms with Crippen LogP contribution in [-0.4, -0.2) is 9.36 Å². The van der Waals surface area contributed by atoms with Gasteiger partial charge in [-0.2, -0.15) is 4.37 Å². The van der Waals surface area contributed by atoms with E-state index in [2.05, 4.69) is 25.3 Å². The van der Waals surface area contributed by atoms with Gasteiger partial charge in [0.25, 0.3) is 0 Å². The monoisotopic (exact) mass is 308 g/mol. The van der Waals surface area contributed by atoms with Crippen LogP contribution in [0.1, 0.15) is 0 Å². The standard InChI is InChI=1S/C12H6BrFN2S/c13-11-9-4-5-10(15-12(9)17-16-11)7-2-1-3-8(14)6-7/h1-6H. The van der Waals surface area contributed by atoms with E-state index in [0.29, 0.717) is 0 Å². The number of fused-ring (bicyclic) bond motifs is 1. The summed E-state index contributed by atoms with van der Waals surface area (Å²) in [4.78, 5) is 5.31. The molecule has 2 heterocycles. The first-order valence-electron chi connectivity index (χ1n) is 4.92. The number of aromatic nitrogens is 2. The number of pyridine rings is 1. The normalized spacial score (nSPS) is 10.9. The van der Waals surface area contributed by atoms with E-state index >= 15 is 0 Å². The van der Waals surface area contributed by atoms with Gasteiger partial charge in [0.05, 0.1) is 5.69 Å². The van der Waals surface area contributed by atoms with Crippen molar-refractivity contribution in [1.29, 1.82) is 0 Å². The van der Waals surface area contributed by atoms with Crippen LogP contribution in [0.3, 0.4) is 0 Å². The lowest BCUT2D eigenvalue weighted by Gasteiger charge is -2.00. The number of hydrogen-bond acceptors (Lipinski definition) is 3. The highest BCUT2D eigenvalue weighted by molar-refractivity contribution is 9.10. The van der Waals surface area contributed by atoms with Gasteiger partial charge in [0.1, 0.15) is 15.3 Å². The topological polar surface area (TPSA) is 25.8 Å². The molecule has 0 atom stereocenters. The minimum atomic E-state index is -0.255. The van der Waals surface area contributed by atoms with Crippen LogP contribution in [-0.2, 0) is 0 Å². The summed E-state index contributed by atoms with van der Waals surface area (Å²) < 4.78 is 18.1. The minimum Gasteiger partial charge on any atom is -0.235 e. The van der Waals surface area contributed by atoms with Crippen molar-refractivity contribution in [2.75, 3.05) is 0 Å². The molecule has 3 rings (SSSR count). The first-order chi connectivity index (χ1) is 8.24. The summed E-state index contributed by atoms with van der Waals surface area (Å²) in [5.41, 5.74) is 1.53. The van der Waals surface area contributed by atoms with Crippen molar-refractivity contribution in [3.05, 3.63) is 46.8 Å². The fraction of sp³-hybridized carbons (Fsp3) is 0. The quantitative estimate of drug-likeness (QED) is 0.671. The smallest absolute Gasteiger partial charge is 0.145 e. The van der Waals surface area contributed by atoms with Crippen molar-refractivity contribution in [3.8, 4) is 11.3 Å². The van der Waals surface area contributed by atoms with Gasteiger partial charge in [0.2, 0.25) is 0 Å². The number of halogens is 2. The molecule has 0 saturated heterocycles. The predicted molar refractivity (Wildman–Crippen MR) is 70.5 cm³/mol. The molecule has 1 aromatic carbocycles. The summed E-state index contributed by atoms with van der Waals surface area (Å²) in [7, 11) is 0. The Kier molecular flexibility index (Phi) is 2.64. The van der Waals surface area contributed by atoms with Crippen LogP contribution in [0.15, 0.2) is 41.0 Å². The molecule has 0 bridgehead atoms. The maximum atomic E-state index is 13.1. The summed E-state index contributed by atoms with van der Waals surface area (Å²) >= 11 is 4.68. The molecule has 0 aliphatic rings. The molecule has 0 fully saturated rings. The Labute approximate surface area is 109 Å².